The van der Waals surface area contributed by atoms with Crippen LogP contribution in [-0.4, -0.2) is 67.2 Å². The lowest BCUT2D eigenvalue weighted by atomic mass is 10.3. The van der Waals surface area contributed by atoms with Gasteiger partial charge in [0.2, 0.25) is 17.2 Å². The minimum atomic E-state index is -2.95. The molecule has 21 heavy (non-hydrogen) atoms. The van der Waals surface area contributed by atoms with Crippen molar-refractivity contribution in [1.82, 2.24) is 15.0 Å². The second-order valence-electron chi connectivity index (χ2n) is 5.07. The fraction of sp³-hybridized carbons (Fsp3) is 0.727. The number of halogens is 1. The van der Waals surface area contributed by atoms with Crippen molar-refractivity contribution in [3.63, 3.8) is 0 Å². The topological polar surface area (TPSA) is 97.3 Å². The molecule has 1 atom stereocenters. The highest BCUT2D eigenvalue weighted by Gasteiger charge is 2.28. The van der Waals surface area contributed by atoms with Gasteiger partial charge in [-0.05, 0) is 18.0 Å². The molecule has 2 fully saturated rings. The van der Waals surface area contributed by atoms with Crippen LogP contribution in [0.1, 0.15) is 6.42 Å². The number of ether oxygens (including phenoxy) is 1. The van der Waals surface area contributed by atoms with E-state index in [1.165, 1.54) is 0 Å². The Labute approximate surface area is 127 Å². The fourth-order valence-corrected chi connectivity index (χ4v) is 4.23. The molecule has 3 heterocycles. The third kappa shape index (κ3) is 3.72. The summed E-state index contributed by atoms with van der Waals surface area (Å²) in [4.78, 5) is 14.4. The van der Waals surface area contributed by atoms with Crippen LogP contribution in [-0.2, 0) is 14.6 Å². The molecule has 0 aromatic carbocycles. The van der Waals surface area contributed by atoms with E-state index in [0.29, 0.717) is 44.6 Å². The summed E-state index contributed by atoms with van der Waals surface area (Å²) in [6, 6.07) is -0.175. The van der Waals surface area contributed by atoms with Gasteiger partial charge in [0.25, 0.3) is 0 Å². The largest absolute Gasteiger partial charge is 0.378 e. The highest BCUT2D eigenvalue weighted by Crippen LogP contribution is 2.19. The van der Waals surface area contributed by atoms with Crippen LogP contribution in [0.2, 0.25) is 5.28 Å². The van der Waals surface area contributed by atoms with Crippen molar-refractivity contribution in [1.29, 1.82) is 0 Å². The van der Waals surface area contributed by atoms with E-state index >= 15 is 0 Å². The van der Waals surface area contributed by atoms with Gasteiger partial charge >= 0.3 is 0 Å². The Balaban J connectivity index is 1.75. The van der Waals surface area contributed by atoms with Crippen LogP contribution in [0.4, 0.5) is 11.9 Å². The number of anilines is 2. The predicted octanol–water partition coefficient (Wildman–Crippen LogP) is -0.0394. The van der Waals surface area contributed by atoms with Crippen LogP contribution in [0.25, 0.3) is 0 Å². The number of nitrogens with zero attached hydrogens (tertiary/aromatic N) is 4. The van der Waals surface area contributed by atoms with Crippen LogP contribution >= 0.6 is 11.6 Å². The van der Waals surface area contributed by atoms with Gasteiger partial charge in [-0.15, -0.1) is 0 Å². The Morgan fingerprint density at radius 1 is 1.24 bits per heavy atom. The van der Waals surface area contributed by atoms with Crippen molar-refractivity contribution >= 4 is 33.3 Å². The molecule has 2 aliphatic heterocycles. The maximum atomic E-state index is 11.5. The zero-order valence-electron chi connectivity index (χ0n) is 11.3. The van der Waals surface area contributed by atoms with E-state index in [1.807, 2.05) is 4.90 Å². The fourth-order valence-electron chi connectivity index (χ4n) is 2.40. The minimum Gasteiger partial charge on any atom is -0.378 e. The Morgan fingerprint density at radius 3 is 2.67 bits per heavy atom. The highest BCUT2D eigenvalue weighted by atomic mass is 35.5. The maximum Gasteiger partial charge on any atom is 0.231 e. The van der Waals surface area contributed by atoms with E-state index in [2.05, 4.69) is 20.3 Å². The first kappa shape index (κ1) is 14.7. The minimum absolute atomic E-state index is 0.0924. The Bertz CT molecular complexity index is 620. The highest BCUT2D eigenvalue weighted by molar-refractivity contribution is 7.91. The lowest BCUT2D eigenvalue weighted by Gasteiger charge is -2.27. The smallest absolute Gasteiger partial charge is 0.231 e. The zero-order chi connectivity index (χ0) is 14.9. The number of rotatable bonds is 3. The molecule has 1 aromatic rings. The maximum absolute atomic E-state index is 11.5. The monoisotopic (exact) mass is 333 g/mol. The summed E-state index contributed by atoms with van der Waals surface area (Å²) in [7, 11) is -2.95. The first-order valence-electron chi connectivity index (χ1n) is 6.73. The van der Waals surface area contributed by atoms with E-state index in [0.717, 1.165) is 0 Å². The van der Waals surface area contributed by atoms with Gasteiger partial charge in [0.1, 0.15) is 0 Å². The van der Waals surface area contributed by atoms with Crippen LogP contribution in [0.3, 0.4) is 0 Å². The number of hydrogen-bond acceptors (Lipinski definition) is 8. The molecular weight excluding hydrogens is 318 g/mol. The van der Waals surface area contributed by atoms with Crippen molar-refractivity contribution in [2.75, 3.05) is 48.0 Å². The summed E-state index contributed by atoms with van der Waals surface area (Å²) in [6.45, 7) is 2.62. The third-order valence-corrected chi connectivity index (χ3v) is 5.39. The standard InChI is InChI=1S/C11H16ClN5O3S/c12-9-14-10(13-8-1-6-21(18,19)7-8)16-11(15-9)17-2-4-20-5-3-17/h8H,1-7H2,(H,13,14,15,16). The molecule has 10 heteroatoms. The molecule has 0 radical (unpaired) electrons. The zero-order valence-corrected chi connectivity index (χ0v) is 12.9. The Hall–Kier alpha value is -1.19. The van der Waals surface area contributed by atoms with Crippen molar-refractivity contribution in [2.24, 2.45) is 0 Å². The van der Waals surface area contributed by atoms with Crippen LogP contribution in [0.15, 0.2) is 0 Å². The molecule has 1 aromatic heterocycles. The van der Waals surface area contributed by atoms with Crippen molar-refractivity contribution in [2.45, 2.75) is 12.5 Å². The Morgan fingerprint density at radius 2 is 2.00 bits per heavy atom. The molecule has 0 amide bonds. The second kappa shape index (κ2) is 5.90. The number of sulfone groups is 1. The van der Waals surface area contributed by atoms with Crippen molar-refractivity contribution < 1.29 is 13.2 Å². The summed E-state index contributed by atoms with van der Waals surface area (Å²) in [5, 5.41) is 3.13. The first-order chi connectivity index (χ1) is 10.0. The van der Waals surface area contributed by atoms with Gasteiger partial charge in [-0.3, -0.25) is 0 Å². The number of hydrogen-bond donors (Lipinski definition) is 1. The van der Waals surface area contributed by atoms with Crippen molar-refractivity contribution in [3.8, 4) is 0 Å². The molecule has 2 aliphatic rings. The summed E-state index contributed by atoms with van der Waals surface area (Å²) in [5.41, 5.74) is 0. The van der Waals surface area contributed by atoms with Crippen LogP contribution in [0.5, 0.6) is 0 Å². The van der Waals surface area contributed by atoms with E-state index in [9.17, 15) is 8.42 Å². The molecule has 116 valence electrons. The van der Waals surface area contributed by atoms with E-state index < -0.39 is 9.84 Å². The molecule has 0 saturated carbocycles. The number of aromatic nitrogens is 3. The predicted molar refractivity (Wildman–Crippen MR) is 78.6 cm³/mol. The summed E-state index contributed by atoms with van der Waals surface area (Å²) in [5.74, 6) is 1.10. The summed E-state index contributed by atoms with van der Waals surface area (Å²) < 4.78 is 28.2. The van der Waals surface area contributed by atoms with Gasteiger partial charge in [-0.1, -0.05) is 0 Å². The van der Waals surface area contributed by atoms with Gasteiger partial charge in [0.05, 0.1) is 24.7 Å². The van der Waals surface area contributed by atoms with Gasteiger partial charge in [-0.2, -0.15) is 15.0 Å². The third-order valence-electron chi connectivity index (χ3n) is 3.46. The molecule has 1 N–H and O–H groups in total. The average Bonchev–Trinajstić information content (AvgIpc) is 2.78. The van der Waals surface area contributed by atoms with Crippen LogP contribution < -0.4 is 10.2 Å². The molecule has 0 aliphatic carbocycles. The van der Waals surface area contributed by atoms with Gasteiger partial charge < -0.3 is 15.0 Å². The molecule has 3 rings (SSSR count). The number of morpholine rings is 1. The van der Waals surface area contributed by atoms with E-state index in [1.54, 1.807) is 0 Å². The molecule has 2 saturated heterocycles. The molecular formula is C11H16ClN5O3S. The quantitative estimate of drug-likeness (QED) is 0.823. The molecule has 8 nitrogen and oxygen atoms in total. The lowest BCUT2D eigenvalue weighted by Crippen LogP contribution is -2.37. The molecule has 0 spiro atoms. The van der Waals surface area contributed by atoms with Gasteiger partial charge in [0.15, 0.2) is 9.84 Å². The Kier molecular flexibility index (Phi) is 4.14. The molecule has 1 unspecified atom stereocenters. The van der Waals surface area contributed by atoms with E-state index in [4.69, 9.17) is 16.3 Å². The SMILES string of the molecule is O=S1(=O)CCC(Nc2nc(Cl)nc(N3CCOCC3)n2)C1. The van der Waals surface area contributed by atoms with Crippen LogP contribution in [0, 0.1) is 0 Å². The average molecular weight is 334 g/mol. The van der Waals surface area contributed by atoms with Crippen molar-refractivity contribution in [3.05, 3.63) is 5.28 Å². The lowest BCUT2D eigenvalue weighted by molar-refractivity contribution is 0.122. The summed E-state index contributed by atoms with van der Waals surface area (Å²) in [6.07, 6.45) is 0.554. The molecule has 0 bridgehead atoms. The van der Waals surface area contributed by atoms with Gasteiger partial charge in [-0.25, -0.2) is 8.42 Å². The second-order valence-corrected chi connectivity index (χ2v) is 7.64. The van der Waals surface area contributed by atoms with Gasteiger partial charge in [0, 0.05) is 19.1 Å². The normalized spacial score (nSPS) is 25.0. The number of nitrogens with one attached hydrogen (secondary N) is 1. The first-order valence-corrected chi connectivity index (χ1v) is 8.93. The van der Waals surface area contributed by atoms with E-state index in [-0.39, 0.29) is 22.8 Å². The summed E-state index contributed by atoms with van der Waals surface area (Å²) >= 11 is 5.93.